The number of benzene rings is 1. The normalized spacial score (nSPS) is 11.0. The maximum atomic E-state index is 11.9. The van der Waals surface area contributed by atoms with Crippen molar-refractivity contribution in [3.8, 4) is 11.6 Å². The van der Waals surface area contributed by atoms with E-state index in [4.69, 9.17) is 5.11 Å². The topological polar surface area (TPSA) is 120 Å². The summed E-state index contributed by atoms with van der Waals surface area (Å²) in [6.07, 6.45) is 1.08. The van der Waals surface area contributed by atoms with Crippen molar-refractivity contribution < 1.29 is 10.2 Å². The van der Waals surface area contributed by atoms with Gasteiger partial charge >= 0.3 is 5.69 Å². The van der Waals surface area contributed by atoms with Crippen molar-refractivity contribution in [2.45, 2.75) is 0 Å². The van der Waals surface area contributed by atoms with E-state index >= 15 is 0 Å². The van der Waals surface area contributed by atoms with Gasteiger partial charge in [-0.1, -0.05) is 15.9 Å². The van der Waals surface area contributed by atoms with E-state index in [2.05, 4.69) is 31.4 Å². The Morgan fingerprint density at radius 1 is 1.32 bits per heavy atom. The van der Waals surface area contributed by atoms with Crippen molar-refractivity contribution in [2.24, 2.45) is 5.10 Å². The molecule has 2 aromatic rings. The van der Waals surface area contributed by atoms with Gasteiger partial charge in [-0.3, -0.25) is 9.78 Å². The molecule has 0 saturated carbocycles. The number of hydrazone groups is 1. The minimum atomic E-state index is -0.759. The third-order valence-electron chi connectivity index (χ3n) is 2.71. The molecule has 0 amide bonds. The molecule has 1 aromatic carbocycles. The first-order valence-electron chi connectivity index (χ1n) is 6.25. The lowest BCUT2D eigenvalue weighted by atomic mass is 10.3. The van der Waals surface area contributed by atoms with E-state index in [1.54, 1.807) is 24.3 Å². The molecular formula is C13H13BrN4O4. The summed E-state index contributed by atoms with van der Waals surface area (Å²) < 4.78 is 1.77. The second kappa shape index (κ2) is 7.05. The summed E-state index contributed by atoms with van der Waals surface area (Å²) in [4.78, 5) is 25.8. The Kier molecular flexibility index (Phi) is 5.12. The average molecular weight is 369 g/mol. The molecule has 0 aliphatic rings. The Morgan fingerprint density at radius 3 is 2.64 bits per heavy atom. The number of aromatic nitrogens is 2. The zero-order valence-electron chi connectivity index (χ0n) is 11.3. The number of hydrogen-bond donors (Lipinski definition) is 4. The fraction of sp³-hybridized carbons (Fsp3) is 0.154. The molecule has 0 saturated heterocycles. The first-order valence-corrected chi connectivity index (χ1v) is 7.05. The number of nitrogens with one attached hydrogen (secondary N) is 2. The van der Waals surface area contributed by atoms with Gasteiger partial charge in [0.25, 0.3) is 5.56 Å². The Morgan fingerprint density at radius 2 is 2.00 bits per heavy atom. The van der Waals surface area contributed by atoms with E-state index in [0.717, 1.165) is 15.3 Å². The van der Waals surface area contributed by atoms with Crippen molar-refractivity contribution in [2.75, 3.05) is 13.2 Å². The SMILES string of the molecule is O=c1[nH]c(=O)n(-c2ccc(Br)cc2)c(O)c1C=NNCCO. The van der Waals surface area contributed by atoms with E-state index < -0.39 is 17.1 Å². The molecule has 22 heavy (non-hydrogen) atoms. The van der Waals surface area contributed by atoms with Crippen molar-refractivity contribution in [3.63, 3.8) is 0 Å². The highest BCUT2D eigenvalue weighted by Crippen LogP contribution is 2.17. The Bertz CT molecular complexity index is 795. The van der Waals surface area contributed by atoms with E-state index in [-0.39, 0.29) is 18.7 Å². The fourth-order valence-electron chi connectivity index (χ4n) is 1.71. The van der Waals surface area contributed by atoms with Gasteiger partial charge in [-0.05, 0) is 24.3 Å². The molecule has 0 aliphatic carbocycles. The summed E-state index contributed by atoms with van der Waals surface area (Å²) in [7, 11) is 0. The van der Waals surface area contributed by atoms with Crippen LogP contribution in [0.4, 0.5) is 0 Å². The number of H-pyrrole nitrogens is 1. The van der Waals surface area contributed by atoms with Crippen LogP contribution in [0.2, 0.25) is 0 Å². The monoisotopic (exact) mass is 368 g/mol. The molecule has 1 heterocycles. The van der Waals surface area contributed by atoms with Gasteiger partial charge in [0.05, 0.1) is 25.1 Å². The standard InChI is InChI=1S/C13H13BrN4O4/c14-8-1-3-9(4-2-8)18-12(21)10(7-16-15-5-6-19)11(20)17-13(18)22/h1-4,7,15,19,21H,5-6H2,(H,17,20,22). The van der Waals surface area contributed by atoms with Crippen LogP contribution in [0.15, 0.2) is 43.4 Å². The lowest BCUT2D eigenvalue weighted by molar-refractivity contribution is 0.294. The minimum Gasteiger partial charge on any atom is -0.493 e. The number of aromatic amines is 1. The molecule has 0 unspecified atom stereocenters. The predicted octanol–water partition coefficient (Wildman–Crippen LogP) is -0.0903. The van der Waals surface area contributed by atoms with Gasteiger partial charge in [-0.2, -0.15) is 5.10 Å². The molecule has 0 spiro atoms. The van der Waals surface area contributed by atoms with Crippen molar-refractivity contribution in [1.82, 2.24) is 15.0 Å². The average Bonchev–Trinajstić information content (AvgIpc) is 2.48. The number of rotatable bonds is 5. The number of halogens is 1. The van der Waals surface area contributed by atoms with E-state index in [0.29, 0.717) is 5.69 Å². The number of hydrogen-bond acceptors (Lipinski definition) is 6. The second-order valence-corrected chi connectivity index (χ2v) is 5.11. The van der Waals surface area contributed by atoms with Crippen LogP contribution in [-0.4, -0.2) is 39.1 Å². The summed E-state index contributed by atoms with van der Waals surface area (Å²) in [5.74, 6) is -0.523. The summed E-state index contributed by atoms with van der Waals surface area (Å²) >= 11 is 3.27. The number of aromatic hydroxyl groups is 1. The van der Waals surface area contributed by atoms with Gasteiger partial charge in [-0.25, -0.2) is 9.36 Å². The number of nitrogens with zero attached hydrogens (tertiary/aromatic N) is 2. The van der Waals surface area contributed by atoms with E-state index in [1.807, 2.05) is 0 Å². The molecule has 0 aliphatic heterocycles. The van der Waals surface area contributed by atoms with Crippen LogP contribution in [0.25, 0.3) is 5.69 Å². The summed E-state index contributed by atoms with van der Waals surface area (Å²) in [5.41, 5.74) is 1.18. The Hall–Kier alpha value is -2.39. The van der Waals surface area contributed by atoms with Crippen molar-refractivity contribution in [3.05, 3.63) is 55.1 Å². The molecule has 8 nitrogen and oxygen atoms in total. The highest BCUT2D eigenvalue weighted by Gasteiger charge is 2.14. The smallest absolute Gasteiger partial charge is 0.335 e. The van der Waals surface area contributed by atoms with Crippen LogP contribution in [0.3, 0.4) is 0 Å². The maximum absolute atomic E-state index is 11.9. The Balaban J connectivity index is 2.51. The lowest BCUT2D eigenvalue weighted by Gasteiger charge is -2.09. The van der Waals surface area contributed by atoms with E-state index in [1.165, 1.54) is 0 Å². The summed E-state index contributed by atoms with van der Waals surface area (Å²) in [6.45, 7) is 0.0690. The summed E-state index contributed by atoms with van der Waals surface area (Å²) in [6, 6.07) is 6.61. The van der Waals surface area contributed by atoms with Crippen LogP contribution in [0.1, 0.15) is 5.56 Å². The van der Waals surface area contributed by atoms with Gasteiger partial charge < -0.3 is 15.6 Å². The quantitative estimate of drug-likeness (QED) is 0.334. The first kappa shape index (κ1) is 16.0. The van der Waals surface area contributed by atoms with Gasteiger partial charge in [-0.15, -0.1) is 0 Å². The van der Waals surface area contributed by atoms with Gasteiger partial charge in [0.15, 0.2) is 0 Å². The Labute approximate surface area is 132 Å². The fourth-order valence-corrected chi connectivity index (χ4v) is 1.97. The van der Waals surface area contributed by atoms with Crippen LogP contribution < -0.4 is 16.7 Å². The minimum absolute atomic E-state index is 0.127. The highest BCUT2D eigenvalue weighted by molar-refractivity contribution is 9.10. The highest BCUT2D eigenvalue weighted by atomic mass is 79.9. The van der Waals surface area contributed by atoms with Crippen LogP contribution >= 0.6 is 15.9 Å². The van der Waals surface area contributed by atoms with Crippen LogP contribution in [-0.2, 0) is 0 Å². The summed E-state index contributed by atoms with van der Waals surface area (Å²) in [5, 5.41) is 22.5. The molecular weight excluding hydrogens is 356 g/mol. The first-order chi connectivity index (χ1) is 10.5. The number of aliphatic hydroxyl groups is 1. The zero-order chi connectivity index (χ0) is 16.1. The zero-order valence-corrected chi connectivity index (χ0v) is 12.9. The molecule has 0 radical (unpaired) electrons. The second-order valence-electron chi connectivity index (χ2n) is 4.20. The molecule has 0 atom stereocenters. The third kappa shape index (κ3) is 3.43. The van der Waals surface area contributed by atoms with Gasteiger partial charge in [0.1, 0.15) is 5.56 Å². The van der Waals surface area contributed by atoms with E-state index in [9.17, 15) is 14.7 Å². The van der Waals surface area contributed by atoms with Crippen molar-refractivity contribution in [1.29, 1.82) is 0 Å². The molecule has 1 aromatic heterocycles. The number of aliphatic hydroxyl groups excluding tert-OH is 1. The predicted molar refractivity (Wildman–Crippen MR) is 84.7 cm³/mol. The van der Waals surface area contributed by atoms with Gasteiger partial charge in [0.2, 0.25) is 5.88 Å². The van der Waals surface area contributed by atoms with Crippen molar-refractivity contribution >= 4 is 22.1 Å². The molecule has 116 valence electrons. The molecule has 0 fully saturated rings. The van der Waals surface area contributed by atoms with Gasteiger partial charge in [0, 0.05) is 4.47 Å². The van der Waals surface area contributed by atoms with Crippen LogP contribution in [0.5, 0.6) is 5.88 Å². The third-order valence-corrected chi connectivity index (χ3v) is 3.24. The molecule has 0 bridgehead atoms. The lowest BCUT2D eigenvalue weighted by Crippen LogP contribution is -2.31. The molecule has 4 N–H and O–H groups in total. The van der Waals surface area contributed by atoms with Crippen LogP contribution in [0, 0.1) is 0 Å². The maximum Gasteiger partial charge on any atom is 0.335 e. The molecule has 9 heteroatoms. The molecule has 2 rings (SSSR count). The largest absolute Gasteiger partial charge is 0.493 e.